The molecule has 0 fully saturated rings. The van der Waals surface area contributed by atoms with E-state index in [2.05, 4.69) is 80.2 Å². The van der Waals surface area contributed by atoms with Crippen molar-refractivity contribution < 1.29 is 0 Å². The van der Waals surface area contributed by atoms with E-state index in [9.17, 15) is 0 Å². The number of nitrogens with zero attached hydrogens (tertiary/aromatic N) is 1. The first-order valence-corrected chi connectivity index (χ1v) is 8.06. The summed E-state index contributed by atoms with van der Waals surface area (Å²) in [4.78, 5) is 2.22. The van der Waals surface area contributed by atoms with Crippen LogP contribution in [-0.4, -0.2) is 7.05 Å². The van der Waals surface area contributed by atoms with Gasteiger partial charge >= 0.3 is 0 Å². The minimum atomic E-state index is 0.0359. The molecule has 0 spiro atoms. The van der Waals surface area contributed by atoms with E-state index in [1.165, 1.54) is 11.3 Å². The van der Waals surface area contributed by atoms with Gasteiger partial charge in [-0.2, -0.15) is 0 Å². The van der Waals surface area contributed by atoms with Crippen LogP contribution in [0.25, 0.3) is 0 Å². The van der Waals surface area contributed by atoms with Crippen LogP contribution in [0.5, 0.6) is 0 Å². The van der Waals surface area contributed by atoms with Crippen LogP contribution in [0.3, 0.4) is 0 Å². The molecule has 1 unspecified atom stereocenters. The van der Waals surface area contributed by atoms with Crippen molar-refractivity contribution in [1.82, 2.24) is 0 Å². The van der Waals surface area contributed by atoms with E-state index in [1.54, 1.807) is 0 Å². The summed E-state index contributed by atoms with van der Waals surface area (Å²) in [6.07, 6.45) is 0. The molecule has 0 aliphatic rings. The van der Waals surface area contributed by atoms with Crippen molar-refractivity contribution in [3.63, 3.8) is 0 Å². The predicted octanol–water partition coefficient (Wildman–Crippen LogP) is 4.87. The van der Waals surface area contributed by atoms with Gasteiger partial charge in [0.15, 0.2) is 0 Å². The summed E-state index contributed by atoms with van der Waals surface area (Å²) < 4.78 is 2.17. The Morgan fingerprint density at radius 2 is 1.90 bits per heavy atom. The minimum absolute atomic E-state index is 0.0359. The highest BCUT2D eigenvalue weighted by molar-refractivity contribution is 9.10. The van der Waals surface area contributed by atoms with Gasteiger partial charge in [0, 0.05) is 34.3 Å². The van der Waals surface area contributed by atoms with E-state index in [0.717, 1.165) is 21.1 Å². The Balaban J connectivity index is 2.17. The molecule has 4 heteroatoms. The van der Waals surface area contributed by atoms with Gasteiger partial charge in [-0.05, 0) is 42.3 Å². The zero-order valence-corrected chi connectivity index (χ0v) is 14.8. The number of hydrogen-bond acceptors (Lipinski definition) is 2. The molecule has 2 rings (SSSR count). The minimum Gasteiger partial charge on any atom is -0.370 e. The third-order valence-corrected chi connectivity index (χ3v) is 4.40. The SMILES string of the molecule is CC(N)c1ccc(N(C)Cc2cccc(Br)c2)cc1Br. The lowest BCUT2D eigenvalue weighted by Gasteiger charge is -2.21. The number of anilines is 1. The van der Waals surface area contributed by atoms with E-state index >= 15 is 0 Å². The van der Waals surface area contributed by atoms with Gasteiger partial charge in [0.25, 0.3) is 0 Å². The molecule has 106 valence electrons. The molecular formula is C16H18Br2N2. The van der Waals surface area contributed by atoms with Gasteiger partial charge in [0.2, 0.25) is 0 Å². The lowest BCUT2D eigenvalue weighted by atomic mass is 10.1. The number of benzene rings is 2. The first-order chi connectivity index (χ1) is 9.47. The van der Waals surface area contributed by atoms with Crippen LogP contribution in [0, 0.1) is 0 Å². The van der Waals surface area contributed by atoms with E-state index in [-0.39, 0.29) is 6.04 Å². The van der Waals surface area contributed by atoms with Crippen molar-refractivity contribution in [2.75, 3.05) is 11.9 Å². The number of hydrogen-bond donors (Lipinski definition) is 1. The Bertz CT molecular complexity index is 597. The van der Waals surface area contributed by atoms with Gasteiger partial charge in [-0.1, -0.05) is 50.1 Å². The van der Waals surface area contributed by atoms with Gasteiger partial charge in [0.05, 0.1) is 0 Å². The van der Waals surface area contributed by atoms with E-state index in [0.29, 0.717) is 0 Å². The molecule has 0 saturated heterocycles. The number of nitrogens with two attached hydrogens (primary N) is 1. The maximum Gasteiger partial charge on any atom is 0.0426 e. The van der Waals surface area contributed by atoms with Crippen molar-refractivity contribution in [1.29, 1.82) is 0 Å². The zero-order chi connectivity index (χ0) is 14.7. The maximum absolute atomic E-state index is 5.93. The van der Waals surface area contributed by atoms with Crippen LogP contribution in [0.4, 0.5) is 5.69 Å². The summed E-state index contributed by atoms with van der Waals surface area (Å²) in [5, 5.41) is 0. The third-order valence-electron chi connectivity index (χ3n) is 3.22. The highest BCUT2D eigenvalue weighted by Gasteiger charge is 2.08. The number of halogens is 2. The van der Waals surface area contributed by atoms with Crippen LogP contribution in [-0.2, 0) is 6.54 Å². The zero-order valence-electron chi connectivity index (χ0n) is 11.6. The van der Waals surface area contributed by atoms with Gasteiger partial charge in [0.1, 0.15) is 0 Å². The second-order valence-electron chi connectivity index (χ2n) is 4.98. The molecule has 0 saturated carbocycles. The smallest absolute Gasteiger partial charge is 0.0426 e. The molecule has 2 aromatic rings. The van der Waals surface area contributed by atoms with Crippen LogP contribution in [0.2, 0.25) is 0 Å². The average molecular weight is 398 g/mol. The van der Waals surface area contributed by atoms with Crippen LogP contribution >= 0.6 is 31.9 Å². The Morgan fingerprint density at radius 1 is 1.15 bits per heavy atom. The van der Waals surface area contributed by atoms with E-state index in [4.69, 9.17) is 5.73 Å². The maximum atomic E-state index is 5.93. The second-order valence-corrected chi connectivity index (χ2v) is 6.75. The fourth-order valence-corrected chi connectivity index (χ4v) is 3.30. The second kappa shape index (κ2) is 6.74. The monoisotopic (exact) mass is 396 g/mol. The van der Waals surface area contributed by atoms with Gasteiger partial charge in [-0.25, -0.2) is 0 Å². The molecule has 0 radical (unpaired) electrons. The molecule has 2 nitrogen and oxygen atoms in total. The molecule has 0 aromatic heterocycles. The molecule has 0 heterocycles. The fourth-order valence-electron chi connectivity index (χ4n) is 2.12. The van der Waals surface area contributed by atoms with Crippen LogP contribution in [0.15, 0.2) is 51.4 Å². The summed E-state index contributed by atoms with van der Waals surface area (Å²) in [5.74, 6) is 0. The first-order valence-electron chi connectivity index (χ1n) is 6.48. The summed E-state index contributed by atoms with van der Waals surface area (Å²) in [6.45, 7) is 2.86. The molecule has 0 aliphatic carbocycles. The van der Waals surface area contributed by atoms with Crippen molar-refractivity contribution in [3.8, 4) is 0 Å². The first kappa shape index (κ1) is 15.5. The lowest BCUT2D eigenvalue weighted by Crippen LogP contribution is -2.16. The molecule has 0 bridgehead atoms. The summed E-state index contributed by atoms with van der Waals surface area (Å²) in [6, 6.07) is 14.7. The highest BCUT2D eigenvalue weighted by atomic mass is 79.9. The largest absolute Gasteiger partial charge is 0.370 e. The molecule has 20 heavy (non-hydrogen) atoms. The van der Waals surface area contributed by atoms with Gasteiger partial charge < -0.3 is 10.6 Å². The Labute approximate surface area is 137 Å². The van der Waals surface area contributed by atoms with Gasteiger partial charge in [-0.15, -0.1) is 0 Å². The molecule has 0 aliphatic heterocycles. The van der Waals surface area contributed by atoms with Crippen LogP contribution < -0.4 is 10.6 Å². The predicted molar refractivity (Wildman–Crippen MR) is 93.0 cm³/mol. The molecule has 2 N–H and O–H groups in total. The molecule has 2 aromatic carbocycles. The summed E-state index contributed by atoms with van der Waals surface area (Å²) in [5.41, 5.74) is 9.50. The Hall–Kier alpha value is -0.840. The lowest BCUT2D eigenvalue weighted by molar-refractivity contribution is 0.812. The quantitative estimate of drug-likeness (QED) is 0.797. The van der Waals surface area contributed by atoms with Crippen molar-refractivity contribution in [3.05, 3.63) is 62.5 Å². The topological polar surface area (TPSA) is 29.3 Å². The third kappa shape index (κ3) is 3.84. The molecule has 0 amide bonds. The Kier molecular flexibility index (Phi) is 5.24. The van der Waals surface area contributed by atoms with Crippen molar-refractivity contribution in [2.24, 2.45) is 5.73 Å². The Morgan fingerprint density at radius 3 is 2.50 bits per heavy atom. The van der Waals surface area contributed by atoms with E-state index < -0.39 is 0 Å². The summed E-state index contributed by atoms with van der Waals surface area (Å²) >= 11 is 7.10. The van der Waals surface area contributed by atoms with Gasteiger partial charge in [-0.3, -0.25) is 0 Å². The normalized spacial score (nSPS) is 12.2. The van der Waals surface area contributed by atoms with Crippen LogP contribution in [0.1, 0.15) is 24.1 Å². The van der Waals surface area contributed by atoms with Crippen molar-refractivity contribution >= 4 is 37.5 Å². The standard InChI is InChI=1S/C16H18Br2N2/c1-11(19)15-7-6-14(9-16(15)18)20(2)10-12-4-3-5-13(17)8-12/h3-9,11H,10,19H2,1-2H3. The van der Waals surface area contributed by atoms with E-state index in [1.807, 2.05) is 13.0 Å². The average Bonchev–Trinajstić information content (AvgIpc) is 2.38. The molecular weight excluding hydrogens is 380 g/mol. The van der Waals surface area contributed by atoms with Crippen molar-refractivity contribution in [2.45, 2.75) is 19.5 Å². The fraction of sp³-hybridized carbons (Fsp3) is 0.250. The number of rotatable bonds is 4. The summed E-state index contributed by atoms with van der Waals surface area (Å²) in [7, 11) is 2.09. The highest BCUT2D eigenvalue weighted by Crippen LogP contribution is 2.27. The molecule has 1 atom stereocenters.